The maximum atomic E-state index is 12.5. The number of ether oxygens (including phenoxy) is 2. The Hall–Kier alpha value is -3.68. The van der Waals surface area contributed by atoms with Gasteiger partial charge in [-0.3, -0.25) is 24.1 Å². The second-order valence-corrected chi connectivity index (χ2v) is 6.54. The normalized spacial score (nSPS) is 10.1. The number of carbonyl (C=O) groups is 4. The molecule has 31 heavy (non-hydrogen) atoms. The van der Waals surface area contributed by atoms with Crippen molar-refractivity contribution >= 4 is 29.4 Å². The minimum atomic E-state index is -0.627. The first kappa shape index (κ1) is 23.6. The number of amides is 2. The van der Waals surface area contributed by atoms with Crippen LogP contribution in [0.15, 0.2) is 60.7 Å². The smallest absolute Gasteiger partial charge is 0.326 e. The number of esters is 2. The van der Waals surface area contributed by atoms with Crippen molar-refractivity contribution in [2.45, 2.75) is 19.8 Å². The minimum Gasteiger partial charge on any atom is -0.465 e. The lowest BCUT2D eigenvalue weighted by molar-refractivity contribution is -0.148. The summed E-state index contributed by atoms with van der Waals surface area (Å²) in [5.74, 6) is -1.95. The number of benzene rings is 2. The molecule has 0 spiro atoms. The Morgan fingerprint density at radius 3 is 2.16 bits per heavy atom. The zero-order chi connectivity index (χ0) is 22.5. The van der Waals surface area contributed by atoms with Crippen molar-refractivity contribution in [1.82, 2.24) is 5.32 Å². The summed E-state index contributed by atoms with van der Waals surface area (Å²) in [7, 11) is 0. The number of nitrogens with one attached hydrogen (secondary N) is 1. The predicted molar refractivity (Wildman–Crippen MR) is 114 cm³/mol. The van der Waals surface area contributed by atoms with Gasteiger partial charge in [0.25, 0.3) is 5.91 Å². The summed E-state index contributed by atoms with van der Waals surface area (Å²) in [6.07, 6.45) is 0.144. The van der Waals surface area contributed by atoms with E-state index in [2.05, 4.69) is 5.32 Å². The maximum Gasteiger partial charge on any atom is 0.326 e. The molecule has 2 aromatic rings. The quantitative estimate of drug-likeness (QED) is 0.551. The standard InChI is InChI=1S/C23H26N2O6/c1-2-30-23(29)16-25(19-11-7-4-8-12-19)21(27)17-31-22(28)13-14-24-20(26)15-18-9-5-3-6-10-18/h3-12H,2,13-17H2,1H3,(H,24,26). The van der Waals surface area contributed by atoms with Gasteiger partial charge in [-0.2, -0.15) is 0 Å². The van der Waals surface area contributed by atoms with E-state index in [-0.39, 0.29) is 38.4 Å². The van der Waals surface area contributed by atoms with E-state index in [4.69, 9.17) is 9.47 Å². The second kappa shape index (κ2) is 12.8. The summed E-state index contributed by atoms with van der Waals surface area (Å²) < 4.78 is 9.92. The molecular weight excluding hydrogens is 400 g/mol. The molecular formula is C23H26N2O6. The van der Waals surface area contributed by atoms with Gasteiger partial charge in [0.15, 0.2) is 6.61 Å². The van der Waals surface area contributed by atoms with Gasteiger partial charge in [-0.25, -0.2) is 0 Å². The Bertz CT molecular complexity index is 870. The molecule has 2 rings (SSSR count). The average molecular weight is 426 g/mol. The highest BCUT2D eigenvalue weighted by Gasteiger charge is 2.21. The first-order valence-corrected chi connectivity index (χ1v) is 9.97. The van der Waals surface area contributed by atoms with Crippen LogP contribution in [0.3, 0.4) is 0 Å². The van der Waals surface area contributed by atoms with Crippen LogP contribution in [0.1, 0.15) is 18.9 Å². The first-order valence-electron chi connectivity index (χ1n) is 9.97. The van der Waals surface area contributed by atoms with E-state index in [1.807, 2.05) is 30.3 Å². The van der Waals surface area contributed by atoms with Gasteiger partial charge < -0.3 is 14.8 Å². The topological polar surface area (TPSA) is 102 Å². The molecule has 0 saturated heterocycles. The SMILES string of the molecule is CCOC(=O)CN(C(=O)COC(=O)CCNC(=O)Cc1ccccc1)c1ccccc1. The predicted octanol–water partition coefficient (Wildman–Crippen LogP) is 1.87. The van der Waals surface area contributed by atoms with Crippen LogP contribution in [0, 0.1) is 0 Å². The van der Waals surface area contributed by atoms with Crippen molar-refractivity contribution in [1.29, 1.82) is 0 Å². The lowest BCUT2D eigenvalue weighted by Gasteiger charge is -2.21. The molecule has 0 aliphatic heterocycles. The van der Waals surface area contributed by atoms with Crippen molar-refractivity contribution in [2.75, 3.05) is 31.2 Å². The number of nitrogens with zero attached hydrogens (tertiary/aromatic N) is 1. The van der Waals surface area contributed by atoms with Gasteiger partial charge in [-0.05, 0) is 24.6 Å². The number of hydrogen-bond acceptors (Lipinski definition) is 6. The third kappa shape index (κ3) is 8.69. The van der Waals surface area contributed by atoms with Crippen molar-refractivity contribution in [2.24, 2.45) is 0 Å². The fourth-order valence-corrected chi connectivity index (χ4v) is 2.71. The fourth-order valence-electron chi connectivity index (χ4n) is 2.71. The van der Waals surface area contributed by atoms with Gasteiger partial charge in [0.05, 0.1) is 19.4 Å². The van der Waals surface area contributed by atoms with Crippen LogP contribution in [0.4, 0.5) is 5.69 Å². The molecule has 0 fully saturated rings. The number of anilines is 1. The van der Waals surface area contributed by atoms with Gasteiger partial charge in [0.1, 0.15) is 6.54 Å². The minimum absolute atomic E-state index is 0.0724. The maximum absolute atomic E-state index is 12.5. The highest BCUT2D eigenvalue weighted by atomic mass is 16.5. The highest BCUT2D eigenvalue weighted by Crippen LogP contribution is 2.13. The lowest BCUT2D eigenvalue weighted by atomic mass is 10.1. The van der Waals surface area contributed by atoms with Crippen molar-refractivity contribution in [3.63, 3.8) is 0 Å². The number of carbonyl (C=O) groups excluding carboxylic acids is 4. The lowest BCUT2D eigenvalue weighted by Crippen LogP contribution is -2.39. The van der Waals surface area contributed by atoms with Gasteiger partial charge in [-0.15, -0.1) is 0 Å². The number of rotatable bonds is 11. The summed E-state index contributed by atoms with van der Waals surface area (Å²) in [5, 5.41) is 2.64. The fraction of sp³-hybridized carbons (Fsp3) is 0.304. The van der Waals surface area contributed by atoms with Gasteiger partial charge in [-0.1, -0.05) is 48.5 Å². The molecule has 0 aliphatic carbocycles. The van der Waals surface area contributed by atoms with E-state index < -0.39 is 24.5 Å². The molecule has 8 nitrogen and oxygen atoms in total. The first-order chi connectivity index (χ1) is 15.0. The average Bonchev–Trinajstić information content (AvgIpc) is 2.77. The van der Waals surface area contributed by atoms with E-state index in [0.29, 0.717) is 5.69 Å². The third-order valence-corrected chi connectivity index (χ3v) is 4.18. The summed E-state index contributed by atoms with van der Waals surface area (Å²) in [6, 6.07) is 17.8. The third-order valence-electron chi connectivity index (χ3n) is 4.18. The second-order valence-electron chi connectivity index (χ2n) is 6.54. The molecule has 0 unspecified atom stereocenters. The Labute approximate surface area is 181 Å². The van der Waals surface area contributed by atoms with Crippen LogP contribution in [0.25, 0.3) is 0 Å². The summed E-state index contributed by atoms with van der Waals surface area (Å²) in [4.78, 5) is 49.4. The highest BCUT2D eigenvalue weighted by molar-refractivity contribution is 5.99. The van der Waals surface area contributed by atoms with Crippen molar-refractivity contribution < 1.29 is 28.7 Å². The van der Waals surface area contributed by atoms with Crippen LogP contribution >= 0.6 is 0 Å². The molecule has 0 bridgehead atoms. The van der Waals surface area contributed by atoms with Gasteiger partial charge in [0, 0.05) is 12.2 Å². The molecule has 0 atom stereocenters. The molecule has 0 heterocycles. The van der Waals surface area contributed by atoms with Crippen LogP contribution in [-0.2, 0) is 35.1 Å². The summed E-state index contributed by atoms with van der Waals surface area (Å²) in [6.45, 7) is 1.16. The van der Waals surface area contributed by atoms with Gasteiger partial charge in [0.2, 0.25) is 5.91 Å². The molecule has 8 heteroatoms. The van der Waals surface area contributed by atoms with Crippen LogP contribution in [0.2, 0.25) is 0 Å². The van der Waals surface area contributed by atoms with E-state index in [1.165, 1.54) is 4.90 Å². The van der Waals surface area contributed by atoms with Crippen molar-refractivity contribution in [3.8, 4) is 0 Å². The Morgan fingerprint density at radius 2 is 1.52 bits per heavy atom. The van der Waals surface area contributed by atoms with Crippen LogP contribution in [-0.4, -0.2) is 50.1 Å². The molecule has 164 valence electrons. The molecule has 0 aromatic heterocycles. The summed E-state index contributed by atoms with van der Waals surface area (Å²) in [5.41, 5.74) is 1.36. The number of para-hydroxylation sites is 1. The van der Waals surface area contributed by atoms with Crippen LogP contribution in [0.5, 0.6) is 0 Å². The zero-order valence-corrected chi connectivity index (χ0v) is 17.4. The molecule has 0 radical (unpaired) electrons. The monoisotopic (exact) mass is 426 g/mol. The molecule has 0 aliphatic rings. The van der Waals surface area contributed by atoms with E-state index in [0.717, 1.165) is 5.56 Å². The molecule has 1 N–H and O–H groups in total. The molecule has 2 aromatic carbocycles. The van der Waals surface area contributed by atoms with Gasteiger partial charge >= 0.3 is 11.9 Å². The molecule has 0 saturated carbocycles. The Morgan fingerprint density at radius 1 is 0.871 bits per heavy atom. The molecule has 2 amide bonds. The van der Waals surface area contributed by atoms with E-state index >= 15 is 0 Å². The summed E-state index contributed by atoms with van der Waals surface area (Å²) >= 11 is 0. The Kier molecular flexibility index (Phi) is 9.74. The zero-order valence-electron chi connectivity index (χ0n) is 17.4. The van der Waals surface area contributed by atoms with Crippen molar-refractivity contribution in [3.05, 3.63) is 66.2 Å². The van der Waals surface area contributed by atoms with E-state index in [1.54, 1.807) is 37.3 Å². The van der Waals surface area contributed by atoms with Crippen LogP contribution < -0.4 is 10.2 Å². The van der Waals surface area contributed by atoms with E-state index in [9.17, 15) is 19.2 Å². The largest absolute Gasteiger partial charge is 0.465 e. The Balaban J connectivity index is 1.78. The number of hydrogen-bond donors (Lipinski definition) is 1.